The summed E-state index contributed by atoms with van der Waals surface area (Å²) in [4.78, 5) is 19.5. The van der Waals surface area contributed by atoms with Gasteiger partial charge in [-0.2, -0.15) is 0 Å². The van der Waals surface area contributed by atoms with Gasteiger partial charge in [0.1, 0.15) is 11.3 Å². The number of H-pyrrole nitrogens is 1. The Kier molecular flexibility index (Phi) is 3.44. The van der Waals surface area contributed by atoms with Crippen molar-refractivity contribution in [1.82, 2.24) is 15.3 Å². The van der Waals surface area contributed by atoms with Gasteiger partial charge in [-0.25, -0.2) is 4.98 Å². The summed E-state index contributed by atoms with van der Waals surface area (Å²) in [5, 5.41) is 3.35. The molecule has 0 aliphatic heterocycles. The number of aromatic nitrogens is 2. The molecule has 0 saturated heterocycles. The lowest BCUT2D eigenvalue weighted by Crippen LogP contribution is -2.30. The summed E-state index contributed by atoms with van der Waals surface area (Å²) in [7, 11) is 2.01. The molecular weight excluding hydrogens is 252 g/mol. The second-order valence-corrected chi connectivity index (χ2v) is 5.54. The largest absolute Gasteiger partial charge is 0.366 e. The number of nitrogens with zero attached hydrogens (tertiary/aromatic N) is 1. The molecule has 4 N–H and O–H groups in total. The average Bonchev–Trinajstić information content (AvgIpc) is 2.91. The van der Waals surface area contributed by atoms with Gasteiger partial charge in [0, 0.05) is 12.0 Å². The van der Waals surface area contributed by atoms with Crippen molar-refractivity contribution in [2.75, 3.05) is 7.05 Å². The van der Waals surface area contributed by atoms with E-state index in [1.54, 1.807) is 6.07 Å². The molecule has 1 amide bonds. The van der Waals surface area contributed by atoms with Crippen LogP contribution in [0.4, 0.5) is 0 Å². The van der Waals surface area contributed by atoms with Crippen LogP contribution in [0.2, 0.25) is 0 Å². The summed E-state index contributed by atoms with van der Waals surface area (Å²) >= 11 is 0. The van der Waals surface area contributed by atoms with Crippen molar-refractivity contribution in [3.05, 3.63) is 29.6 Å². The van der Waals surface area contributed by atoms with Crippen LogP contribution in [0.3, 0.4) is 0 Å². The predicted octanol–water partition coefficient (Wildman–Crippen LogP) is 1.91. The van der Waals surface area contributed by atoms with E-state index < -0.39 is 5.91 Å². The Morgan fingerprint density at radius 1 is 1.45 bits per heavy atom. The summed E-state index contributed by atoms with van der Waals surface area (Å²) < 4.78 is 0. The molecule has 20 heavy (non-hydrogen) atoms. The van der Waals surface area contributed by atoms with Crippen molar-refractivity contribution >= 4 is 16.9 Å². The fraction of sp³-hybridized carbons (Fsp3) is 0.467. The van der Waals surface area contributed by atoms with Crippen molar-refractivity contribution < 1.29 is 4.79 Å². The van der Waals surface area contributed by atoms with Crippen LogP contribution in [0.5, 0.6) is 0 Å². The number of para-hydroxylation sites is 1. The second-order valence-electron chi connectivity index (χ2n) is 5.54. The van der Waals surface area contributed by atoms with E-state index in [2.05, 4.69) is 15.3 Å². The van der Waals surface area contributed by atoms with Gasteiger partial charge < -0.3 is 16.0 Å². The summed E-state index contributed by atoms with van der Waals surface area (Å²) in [6, 6.07) is 6.06. The Morgan fingerprint density at radius 2 is 2.30 bits per heavy atom. The third-order valence-electron chi connectivity index (χ3n) is 4.27. The number of carbonyl (C=O) groups is 1. The third-order valence-corrected chi connectivity index (χ3v) is 4.27. The Hall–Kier alpha value is -1.88. The Labute approximate surface area is 118 Å². The van der Waals surface area contributed by atoms with Gasteiger partial charge in [0.2, 0.25) is 0 Å². The van der Waals surface area contributed by atoms with Crippen LogP contribution in [0, 0.1) is 0 Å². The molecule has 1 saturated carbocycles. The number of primary amides is 1. The molecule has 2 unspecified atom stereocenters. The van der Waals surface area contributed by atoms with Crippen LogP contribution in [0.25, 0.3) is 11.0 Å². The molecule has 1 aromatic carbocycles. The molecule has 3 rings (SSSR count). The molecule has 1 heterocycles. The number of imidazole rings is 1. The number of rotatable bonds is 3. The summed E-state index contributed by atoms with van der Waals surface area (Å²) in [5.74, 6) is 0.980. The molecule has 1 aliphatic rings. The predicted molar refractivity (Wildman–Crippen MR) is 78.7 cm³/mol. The Morgan fingerprint density at radius 3 is 3.05 bits per heavy atom. The number of nitrogens with one attached hydrogen (secondary N) is 2. The SMILES string of the molecule is CNC1CCCC(c2nc3c(C(N)=O)cccc3[nH]2)C1. The minimum atomic E-state index is -0.426. The molecule has 0 bridgehead atoms. The highest BCUT2D eigenvalue weighted by molar-refractivity contribution is 6.04. The standard InChI is InChI=1S/C15H20N4O/c1-17-10-5-2-4-9(8-10)15-18-12-7-3-6-11(14(16)20)13(12)19-15/h3,6-7,9-10,17H,2,4-5,8H2,1H3,(H2,16,20)(H,18,19). The van der Waals surface area contributed by atoms with Gasteiger partial charge in [-0.1, -0.05) is 12.5 Å². The first-order valence-electron chi connectivity index (χ1n) is 7.14. The average molecular weight is 272 g/mol. The number of nitrogens with two attached hydrogens (primary N) is 1. The lowest BCUT2D eigenvalue weighted by atomic mass is 9.85. The molecule has 106 valence electrons. The van der Waals surface area contributed by atoms with E-state index in [1.807, 2.05) is 19.2 Å². The normalized spacial score (nSPS) is 23.1. The van der Waals surface area contributed by atoms with E-state index in [-0.39, 0.29) is 0 Å². The van der Waals surface area contributed by atoms with Crippen molar-refractivity contribution in [2.24, 2.45) is 5.73 Å². The Balaban J connectivity index is 1.96. The maximum atomic E-state index is 11.5. The fourth-order valence-corrected chi connectivity index (χ4v) is 3.14. The van der Waals surface area contributed by atoms with Crippen molar-refractivity contribution in [1.29, 1.82) is 0 Å². The van der Waals surface area contributed by atoms with Gasteiger partial charge >= 0.3 is 0 Å². The van der Waals surface area contributed by atoms with Crippen molar-refractivity contribution in [3.63, 3.8) is 0 Å². The first kappa shape index (κ1) is 13.1. The molecule has 5 nitrogen and oxygen atoms in total. The molecular formula is C15H20N4O. The number of carbonyl (C=O) groups excluding carboxylic acids is 1. The third kappa shape index (κ3) is 2.29. The van der Waals surface area contributed by atoms with Crippen LogP contribution in [0.1, 0.15) is 47.8 Å². The number of hydrogen-bond donors (Lipinski definition) is 3. The molecule has 1 aliphatic carbocycles. The first-order chi connectivity index (χ1) is 9.69. The summed E-state index contributed by atoms with van der Waals surface area (Å²) in [5.41, 5.74) is 7.49. The molecule has 0 spiro atoms. The van der Waals surface area contributed by atoms with Crippen LogP contribution in [-0.4, -0.2) is 29.0 Å². The van der Waals surface area contributed by atoms with Gasteiger partial charge in [0.25, 0.3) is 5.91 Å². The molecule has 2 aromatic rings. The van der Waals surface area contributed by atoms with Crippen molar-refractivity contribution in [3.8, 4) is 0 Å². The highest BCUT2D eigenvalue weighted by atomic mass is 16.1. The number of fused-ring (bicyclic) bond motifs is 1. The van der Waals surface area contributed by atoms with Crippen LogP contribution >= 0.6 is 0 Å². The zero-order valence-corrected chi connectivity index (χ0v) is 11.6. The molecule has 1 aromatic heterocycles. The van der Waals surface area contributed by atoms with Gasteiger partial charge in [-0.3, -0.25) is 4.79 Å². The monoisotopic (exact) mass is 272 g/mol. The minimum absolute atomic E-state index is 0.425. The Bertz CT molecular complexity index is 634. The number of benzene rings is 1. The zero-order chi connectivity index (χ0) is 14.1. The smallest absolute Gasteiger partial charge is 0.250 e. The van der Waals surface area contributed by atoms with Crippen molar-refractivity contribution in [2.45, 2.75) is 37.6 Å². The maximum absolute atomic E-state index is 11.5. The second kappa shape index (κ2) is 5.25. The maximum Gasteiger partial charge on any atom is 0.250 e. The van der Waals surface area contributed by atoms with E-state index >= 15 is 0 Å². The van der Waals surface area contributed by atoms with Gasteiger partial charge in [-0.15, -0.1) is 0 Å². The van der Waals surface area contributed by atoms with E-state index in [0.717, 1.165) is 24.2 Å². The lowest BCUT2D eigenvalue weighted by Gasteiger charge is -2.27. The van der Waals surface area contributed by atoms with Gasteiger partial charge in [0.15, 0.2) is 0 Å². The highest BCUT2D eigenvalue weighted by Crippen LogP contribution is 2.32. The van der Waals surface area contributed by atoms with E-state index in [1.165, 1.54) is 12.8 Å². The quantitative estimate of drug-likeness (QED) is 0.798. The summed E-state index contributed by atoms with van der Waals surface area (Å²) in [6.07, 6.45) is 4.65. The van der Waals surface area contributed by atoms with Crippen LogP contribution < -0.4 is 11.1 Å². The van der Waals surface area contributed by atoms with E-state index in [0.29, 0.717) is 23.0 Å². The molecule has 2 atom stereocenters. The molecule has 0 radical (unpaired) electrons. The highest BCUT2D eigenvalue weighted by Gasteiger charge is 2.25. The van der Waals surface area contributed by atoms with Crippen LogP contribution in [0.15, 0.2) is 18.2 Å². The summed E-state index contributed by atoms with van der Waals surface area (Å²) in [6.45, 7) is 0. The van der Waals surface area contributed by atoms with E-state index in [4.69, 9.17) is 5.73 Å². The first-order valence-corrected chi connectivity index (χ1v) is 7.14. The molecule has 5 heteroatoms. The van der Waals surface area contributed by atoms with Gasteiger partial charge in [-0.05, 0) is 38.4 Å². The van der Waals surface area contributed by atoms with Crippen LogP contribution in [-0.2, 0) is 0 Å². The fourth-order valence-electron chi connectivity index (χ4n) is 3.14. The number of aromatic amines is 1. The number of hydrogen-bond acceptors (Lipinski definition) is 3. The topological polar surface area (TPSA) is 83.8 Å². The lowest BCUT2D eigenvalue weighted by molar-refractivity contribution is 0.100. The van der Waals surface area contributed by atoms with E-state index in [9.17, 15) is 4.79 Å². The molecule has 1 fully saturated rings. The van der Waals surface area contributed by atoms with Gasteiger partial charge in [0.05, 0.1) is 11.1 Å². The number of amides is 1. The minimum Gasteiger partial charge on any atom is -0.366 e. The zero-order valence-electron chi connectivity index (χ0n) is 11.6.